The molecule has 1 aliphatic rings. The summed E-state index contributed by atoms with van der Waals surface area (Å²) in [6.07, 6.45) is 3.69. The van der Waals surface area contributed by atoms with E-state index in [1.165, 1.54) is 41.9 Å². The van der Waals surface area contributed by atoms with E-state index in [-0.39, 0.29) is 24.2 Å². The minimum Gasteiger partial charge on any atom is -0.486 e. The van der Waals surface area contributed by atoms with Crippen molar-refractivity contribution in [3.05, 3.63) is 76.9 Å². The molecule has 0 aliphatic carbocycles. The molecule has 5 rings (SSSR count). The van der Waals surface area contributed by atoms with Gasteiger partial charge in [-0.3, -0.25) is 0 Å². The van der Waals surface area contributed by atoms with Crippen LogP contribution in [0.2, 0.25) is 0 Å². The van der Waals surface area contributed by atoms with Crippen LogP contribution in [0.1, 0.15) is 23.3 Å². The topological polar surface area (TPSA) is 59.1 Å². The lowest BCUT2D eigenvalue weighted by atomic mass is 10.2. The summed E-state index contributed by atoms with van der Waals surface area (Å²) < 4.78 is 33.4. The number of nitrogens with one attached hydrogen (secondary N) is 2. The normalized spacial score (nSPS) is 15.3. The number of fused-ring (bicyclic) bond motifs is 1. The fourth-order valence-electron chi connectivity index (χ4n) is 3.60. The second-order valence-electron chi connectivity index (χ2n) is 7.66. The molecule has 1 fully saturated rings. The second-order valence-corrected chi connectivity index (χ2v) is 8.69. The Bertz CT molecular complexity index is 1360. The van der Waals surface area contributed by atoms with Gasteiger partial charge in [-0.05, 0) is 55.3 Å². The zero-order valence-electron chi connectivity index (χ0n) is 17.6. The first kappa shape index (κ1) is 21.3. The summed E-state index contributed by atoms with van der Waals surface area (Å²) in [5.74, 6) is 6.28. The van der Waals surface area contributed by atoms with E-state index in [0.717, 1.165) is 34.5 Å². The van der Waals surface area contributed by atoms with Crippen LogP contribution in [0.3, 0.4) is 0 Å². The third kappa shape index (κ3) is 5.11. The number of rotatable bonds is 5. The molecule has 0 radical (unpaired) electrons. The predicted octanol–water partition coefficient (Wildman–Crippen LogP) is 5.40. The van der Waals surface area contributed by atoms with Gasteiger partial charge in [0.1, 0.15) is 29.4 Å². The number of hydrogen-bond acceptors (Lipinski definition) is 6. The molecule has 2 aromatic heterocycles. The van der Waals surface area contributed by atoms with Crippen molar-refractivity contribution in [2.24, 2.45) is 0 Å². The lowest BCUT2D eigenvalue weighted by Crippen LogP contribution is -2.18. The van der Waals surface area contributed by atoms with E-state index in [1.54, 1.807) is 18.2 Å². The predicted molar refractivity (Wildman–Crippen MR) is 126 cm³/mol. The van der Waals surface area contributed by atoms with Crippen LogP contribution in [0, 0.1) is 23.5 Å². The molecule has 2 N–H and O–H groups in total. The van der Waals surface area contributed by atoms with E-state index >= 15 is 0 Å². The molecule has 33 heavy (non-hydrogen) atoms. The fraction of sp³-hybridized carbons (Fsp3) is 0.200. The molecule has 0 spiro atoms. The Morgan fingerprint density at radius 1 is 1.15 bits per heavy atom. The Balaban J connectivity index is 1.31. The van der Waals surface area contributed by atoms with Crippen LogP contribution in [0.25, 0.3) is 10.2 Å². The van der Waals surface area contributed by atoms with Gasteiger partial charge in [0.05, 0.1) is 16.3 Å². The number of aromatic nitrogens is 2. The van der Waals surface area contributed by atoms with Gasteiger partial charge in [0.15, 0.2) is 11.6 Å². The largest absolute Gasteiger partial charge is 0.486 e. The third-order valence-electron chi connectivity index (χ3n) is 5.24. The number of anilines is 2. The highest BCUT2D eigenvalue weighted by Crippen LogP contribution is 2.31. The highest BCUT2D eigenvalue weighted by atomic mass is 32.1. The van der Waals surface area contributed by atoms with Gasteiger partial charge in [0.25, 0.3) is 0 Å². The number of benzene rings is 2. The van der Waals surface area contributed by atoms with Gasteiger partial charge in [0.2, 0.25) is 0 Å². The first-order chi connectivity index (χ1) is 16.1. The molecule has 3 heterocycles. The third-order valence-corrected chi connectivity index (χ3v) is 6.20. The molecule has 2 aromatic carbocycles. The molecule has 1 saturated heterocycles. The highest BCUT2D eigenvalue weighted by Gasteiger charge is 2.12. The highest BCUT2D eigenvalue weighted by molar-refractivity contribution is 7.19. The van der Waals surface area contributed by atoms with Crippen LogP contribution in [-0.4, -0.2) is 22.6 Å². The van der Waals surface area contributed by atoms with Gasteiger partial charge in [-0.2, -0.15) is 0 Å². The van der Waals surface area contributed by atoms with Crippen LogP contribution in [0.15, 0.2) is 54.9 Å². The van der Waals surface area contributed by atoms with Crippen molar-refractivity contribution in [3.63, 3.8) is 0 Å². The van der Waals surface area contributed by atoms with Gasteiger partial charge < -0.3 is 15.4 Å². The van der Waals surface area contributed by atoms with Crippen molar-refractivity contribution in [1.82, 2.24) is 15.3 Å². The molecule has 1 atom stereocenters. The monoisotopic (exact) mass is 462 g/mol. The molecule has 4 aromatic rings. The van der Waals surface area contributed by atoms with Gasteiger partial charge in [-0.1, -0.05) is 24.0 Å². The smallest absolute Gasteiger partial charge is 0.167 e. The maximum atomic E-state index is 14.6. The maximum Gasteiger partial charge on any atom is 0.167 e. The molecule has 0 unspecified atom stereocenters. The zero-order chi connectivity index (χ0) is 22.6. The van der Waals surface area contributed by atoms with E-state index in [0.29, 0.717) is 17.1 Å². The molecule has 8 heteroatoms. The number of thiophene rings is 1. The maximum absolute atomic E-state index is 14.6. The molecular weight excluding hydrogens is 442 g/mol. The summed E-state index contributed by atoms with van der Waals surface area (Å²) in [4.78, 5) is 10.4. The Kier molecular flexibility index (Phi) is 6.15. The first-order valence-corrected chi connectivity index (χ1v) is 11.4. The molecule has 0 saturated carbocycles. The Labute approximate surface area is 193 Å². The quantitative estimate of drug-likeness (QED) is 0.389. The molecule has 0 amide bonds. The van der Waals surface area contributed by atoms with Crippen LogP contribution in [0.4, 0.5) is 20.3 Å². The lowest BCUT2D eigenvalue weighted by molar-refractivity contribution is 0.290. The van der Waals surface area contributed by atoms with E-state index in [1.807, 2.05) is 6.07 Å². The number of nitrogens with zero attached hydrogens (tertiary/aromatic N) is 2. The number of hydrogen-bond donors (Lipinski definition) is 2. The van der Waals surface area contributed by atoms with Crippen molar-refractivity contribution in [1.29, 1.82) is 0 Å². The summed E-state index contributed by atoms with van der Waals surface area (Å²) in [6.45, 7) is 1.08. The van der Waals surface area contributed by atoms with Crippen LogP contribution < -0.4 is 15.4 Å². The van der Waals surface area contributed by atoms with Crippen molar-refractivity contribution in [3.8, 4) is 17.6 Å². The Morgan fingerprint density at radius 3 is 2.91 bits per heavy atom. The summed E-state index contributed by atoms with van der Waals surface area (Å²) in [5, 5.41) is 7.35. The van der Waals surface area contributed by atoms with Crippen molar-refractivity contribution < 1.29 is 13.5 Å². The standard InChI is InChI=1S/C25H20F2N4OS/c26-17-4-1-3-16(11-17)14-32-23-9-7-19(12-22(23)27)31-24-21-13-20(33-25(21)30-15-29-24)8-6-18-5-2-10-28-18/h1,3-4,7,9,11-13,15,18,28H,2,5,10,14H2,(H,29,30,31)/t18-/m1/s1. The second kappa shape index (κ2) is 9.53. The summed E-state index contributed by atoms with van der Waals surface area (Å²) in [7, 11) is 0. The van der Waals surface area contributed by atoms with Gasteiger partial charge in [-0.15, -0.1) is 11.3 Å². The van der Waals surface area contributed by atoms with E-state index < -0.39 is 5.82 Å². The van der Waals surface area contributed by atoms with Crippen LogP contribution in [-0.2, 0) is 6.61 Å². The van der Waals surface area contributed by atoms with Crippen LogP contribution >= 0.6 is 11.3 Å². The first-order valence-electron chi connectivity index (χ1n) is 10.6. The summed E-state index contributed by atoms with van der Waals surface area (Å²) in [5.41, 5.74) is 1.15. The average molecular weight is 463 g/mol. The fourth-order valence-corrected chi connectivity index (χ4v) is 4.46. The average Bonchev–Trinajstić information content (AvgIpc) is 3.47. The molecular formula is C25H20F2N4OS. The minimum absolute atomic E-state index is 0.0725. The number of halogens is 2. The van der Waals surface area contributed by atoms with E-state index in [2.05, 4.69) is 32.4 Å². The van der Waals surface area contributed by atoms with Gasteiger partial charge in [-0.25, -0.2) is 18.7 Å². The van der Waals surface area contributed by atoms with Crippen molar-refractivity contribution in [2.45, 2.75) is 25.5 Å². The summed E-state index contributed by atoms with van der Waals surface area (Å²) in [6, 6.07) is 12.8. The van der Waals surface area contributed by atoms with E-state index in [4.69, 9.17) is 4.74 Å². The zero-order valence-corrected chi connectivity index (χ0v) is 18.4. The van der Waals surface area contributed by atoms with E-state index in [9.17, 15) is 8.78 Å². The lowest BCUT2D eigenvalue weighted by Gasteiger charge is -2.10. The summed E-state index contributed by atoms with van der Waals surface area (Å²) >= 11 is 1.50. The van der Waals surface area contributed by atoms with Gasteiger partial charge >= 0.3 is 0 Å². The molecule has 1 aliphatic heterocycles. The molecule has 5 nitrogen and oxygen atoms in total. The number of ether oxygens (including phenoxy) is 1. The SMILES string of the molecule is Fc1cccc(COc2ccc(Nc3ncnc4sc(C#C[C@H]5CCCN5)cc34)cc2F)c1. The molecule has 0 bridgehead atoms. The van der Waals surface area contributed by atoms with Gasteiger partial charge in [0, 0.05) is 11.8 Å². The Morgan fingerprint density at radius 2 is 2.09 bits per heavy atom. The van der Waals surface area contributed by atoms with Crippen molar-refractivity contribution >= 4 is 33.1 Å². The van der Waals surface area contributed by atoms with Crippen LogP contribution in [0.5, 0.6) is 5.75 Å². The molecule has 166 valence electrons. The Hall–Kier alpha value is -3.54. The minimum atomic E-state index is -0.525. The van der Waals surface area contributed by atoms with Crippen molar-refractivity contribution in [2.75, 3.05) is 11.9 Å².